The van der Waals surface area contributed by atoms with Gasteiger partial charge in [-0.2, -0.15) is 0 Å². The highest BCUT2D eigenvalue weighted by Gasteiger charge is 2.55. The maximum atomic E-state index is 10.6. The van der Waals surface area contributed by atoms with Gasteiger partial charge in [0.15, 0.2) is 0 Å². The van der Waals surface area contributed by atoms with E-state index in [9.17, 15) is 10.2 Å². The van der Waals surface area contributed by atoms with Crippen LogP contribution in [-0.2, 0) is 5.41 Å². The molecule has 40 heavy (non-hydrogen) atoms. The molecule has 0 aliphatic heterocycles. The molecule has 0 bridgehead atoms. The number of aromatic nitrogens is 2. The van der Waals surface area contributed by atoms with Gasteiger partial charge in [-0.15, -0.1) is 22.7 Å². The summed E-state index contributed by atoms with van der Waals surface area (Å²) in [6.45, 7) is 0.172. The van der Waals surface area contributed by atoms with E-state index in [1.807, 2.05) is 12.1 Å². The Morgan fingerprint density at radius 3 is 1.55 bits per heavy atom. The molecule has 2 aromatic heterocycles. The fourth-order valence-electron chi connectivity index (χ4n) is 6.89. The lowest BCUT2D eigenvalue weighted by molar-refractivity contribution is 0.222. The minimum atomic E-state index is -0.521. The monoisotopic (exact) mass is 562 g/mol. The van der Waals surface area contributed by atoms with Gasteiger partial charge >= 0.3 is 0 Å². The first-order valence-corrected chi connectivity index (χ1v) is 15.5. The zero-order chi connectivity index (χ0) is 27.1. The van der Waals surface area contributed by atoms with Crippen LogP contribution in [0.15, 0.2) is 97.1 Å². The van der Waals surface area contributed by atoms with Crippen LogP contribution in [0.5, 0.6) is 0 Å². The van der Waals surface area contributed by atoms with E-state index in [0.717, 1.165) is 32.2 Å². The molecule has 1 aliphatic carbocycles. The van der Waals surface area contributed by atoms with Crippen LogP contribution in [0.2, 0.25) is 0 Å². The van der Waals surface area contributed by atoms with Gasteiger partial charge in [0, 0.05) is 30.5 Å². The van der Waals surface area contributed by atoms with Crippen molar-refractivity contribution in [2.45, 2.75) is 36.5 Å². The lowest BCUT2D eigenvalue weighted by Crippen LogP contribution is -2.40. The number of aliphatic hydroxyl groups is 2. The van der Waals surface area contributed by atoms with E-state index in [0.29, 0.717) is 12.8 Å². The summed E-state index contributed by atoms with van der Waals surface area (Å²) in [5.41, 5.74) is 6.46. The van der Waals surface area contributed by atoms with Gasteiger partial charge in [0.1, 0.15) is 0 Å². The van der Waals surface area contributed by atoms with Gasteiger partial charge in [0.05, 0.1) is 30.4 Å². The first-order valence-electron chi connectivity index (χ1n) is 13.9. The van der Waals surface area contributed by atoms with E-state index < -0.39 is 5.41 Å². The smallest absolute Gasteiger partial charge is 0.0982 e. The van der Waals surface area contributed by atoms with Crippen LogP contribution >= 0.6 is 22.7 Å². The van der Waals surface area contributed by atoms with Crippen molar-refractivity contribution in [1.82, 2.24) is 9.97 Å². The van der Waals surface area contributed by atoms with Crippen LogP contribution in [0, 0.1) is 0 Å². The molecule has 7 rings (SSSR count). The minimum absolute atomic E-state index is 0.0228. The Hall–Kier alpha value is -3.42. The lowest BCUT2D eigenvalue weighted by atomic mass is 9.59. The lowest BCUT2D eigenvalue weighted by Gasteiger charge is -2.44. The molecule has 0 amide bonds. The van der Waals surface area contributed by atoms with Gasteiger partial charge in [-0.25, -0.2) is 9.97 Å². The predicted octanol–water partition coefficient (Wildman–Crippen LogP) is 7.90. The second kappa shape index (κ2) is 10.5. The summed E-state index contributed by atoms with van der Waals surface area (Å²) in [4.78, 5) is 10.4. The second-order valence-corrected chi connectivity index (χ2v) is 12.6. The predicted molar refractivity (Wildman–Crippen MR) is 165 cm³/mol. The minimum Gasteiger partial charge on any atom is -0.396 e. The van der Waals surface area contributed by atoms with Gasteiger partial charge in [-0.3, -0.25) is 0 Å². The van der Waals surface area contributed by atoms with Crippen LogP contribution in [0.4, 0.5) is 0 Å². The van der Waals surface area contributed by atoms with Crippen molar-refractivity contribution in [2.24, 2.45) is 0 Å². The number of hydrogen-bond acceptors (Lipinski definition) is 6. The van der Waals surface area contributed by atoms with Crippen molar-refractivity contribution in [3.8, 4) is 11.1 Å². The number of aliphatic hydroxyl groups excluding tert-OH is 2. The topological polar surface area (TPSA) is 66.2 Å². The number of benzene rings is 4. The van der Waals surface area contributed by atoms with Gasteiger partial charge in [0.2, 0.25) is 0 Å². The number of hydrogen-bond donors (Lipinski definition) is 2. The molecule has 2 heterocycles. The van der Waals surface area contributed by atoms with E-state index >= 15 is 0 Å². The molecule has 2 unspecified atom stereocenters. The molecule has 0 saturated heterocycles. The summed E-state index contributed by atoms with van der Waals surface area (Å²) in [6.07, 6.45) is 2.01. The fourth-order valence-corrected chi connectivity index (χ4v) is 9.25. The van der Waals surface area contributed by atoms with Crippen LogP contribution in [0.1, 0.15) is 52.2 Å². The van der Waals surface area contributed by atoms with Crippen molar-refractivity contribution in [2.75, 3.05) is 13.2 Å². The highest BCUT2D eigenvalue weighted by atomic mass is 32.1. The molecule has 0 fully saturated rings. The molecular formula is C34H30N2O2S2. The number of fused-ring (bicyclic) bond motifs is 5. The molecule has 2 N–H and O–H groups in total. The zero-order valence-corrected chi connectivity index (χ0v) is 23.7. The summed E-state index contributed by atoms with van der Waals surface area (Å²) in [5, 5.41) is 22.8. The van der Waals surface area contributed by atoms with E-state index in [1.54, 1.807) is 22.7 Å². The van der Waals surface area contributed by atoms with Gasteiger partial charge in [-0.1, -0.05) is 72.8 Å². The average molecular weight is 563 g/mol. The van der Waals surface area contributed by atoms with E-state index in [-0.39, 0.29) is 25.0 Å². The Balaban J connectivity index is 1.57. The molecule has 2 atom stereocenters. The molecule has 6 heteroatoms. The second-order valence-electron chi connectivity index (χ2n) is 10.5. The third kappa shape index (κ3) is 3.93. The standard InChI is InChI=1S/C34H30N2O2S2/c37-20-9-14-26(32-35-28-15-5-7-17-30(28)39-32)34(24-12-3-1-10-22(24)23-11-2-4-13-25(23)34)27(19-21-38)33-36-29-16-6-8-18-31(29)40-33/h1-8,10-13,15-18,26-27,37-38H,9,14,19-21H2. The summed E-state index contributed by atoms with van der Waals surface area (Å²) >= 11 is 3.49. The average Bonchev–Trinajstić information content (AvgIpc) is 3.70. The Bertz CT molecular complexity index is 1700. The Labute approximate surface area is 241 Å². The molecule has 0 spiro atoms. The molecule has 4 aromatic carbocycles. The van der Waals surface area contributed by atoms with Crippen molar-refractivity contribution in [3.05, 3.63) is 118 Å². The summed E-state index contributed by atoms with van der Waals surface area (Å²) in [6, 6.07) is 34.1. The quantitative estimate of drug-likeness (QED) is 0.188. The normalized spacial score (nSPS) is 15.2. The number of para-hydroxylation sites is 2. The van der Waals surface area contributed by atoms with E-state index in [2.05, 4.69) is 84.9 Å². The maximum Gasteiger partial charge on any atom is 0.0982 e. The summed E-state index contributed by atoms with van der Waals surface area (Å²) < 4.78 is 2.32. The Morgan fingerprint density at radius 2 is 1.05 bits per heavy atom. The van der Waals surface area contributed by atoms with Crippen molar-refractivity contribution in [3.63, 3.8) is 0 Å². The van der Waals surface area contributed by atoms with Gasteiger partial charge < -0.3 is 10.2 Å². The van der Waals surface area contributed by atoms with Crippen LogP contribution in [0.3, 0.4) is 0 Å². The molecule has 0 saturated carbocycles. The van der Waals surface area contributed by atoms with Crippen LogP contribution < -0.4 is 0 Å². The summed E-state index contributed by atoms with van der Waals surface area (Å²) in [5.74, 6) is -0.110. The number of rotatable bonds is 9. The molecule has 200 valence electrons. The van der Waals surface area contributed by atoms with Gasteiger partial charge in [0.25, 0.3) is 0 Å². The van der Waals surface area contributed by atoms with Crippen molar-refractivity contribution in [1.29, 1.82) is 0 Å². The van der Waals surface area contributed by atoms with E-state index in [1.165, 1.54) is 27.0 Å². The van der Waals surface area contributed by atoms with E-state index in [4.69, 9.17) is 9.97 Å². The molecular weight excluding hydrogens is 533 g/mol. The first-order chi connectivity index (χ1) is 19.8. The molecule has 0 radical (unpaired) electrons. The Kier molecular flexibility index (Phi) is 6.72. The number of thiazole rings is 2. The Morgan fingerprint density at radius 1 is 0.575 bits per heavy atom. The molecule has 4 nitrogen and oxygen atoms in total. The molecule has 6 aromatic rings. The highest BCUT2D eigenvalue weighted by Crippen LogP contribution is 2.64. The largest absolute Gasteiger partial charge is 0.396 e. The fraction of sp³-hybridized carbons (Fsp3) is 0.235. The van der Waals surface area contributed by atoms with Crippen molar-refractivity contribution < 1.29 is 10.2 Å². The molecule has 1 aliphatic rings. The highest BCUT2D eigenvalue weighted by molar-refractivity contribution is 7.19. The number of nitrogens with zero attached hydrogens (tertiary/aromatic N) is 2. The SMILES string of the molecule is OCCCC(c1nc2ccccc2s1)C1(C(CCO)c2nc3ccccc3s2)c2ccccc2-c2ccccc21. The van der Waals surface area contributed by atoms with Crippen LogP contribution in [0.25, 0.3) is 31.6 Å². The third-order valence-corrected chi connectivity index (χ3v) is 10.7. The zero-order valence-electron chi connectivity index (χ0n) is 22.0. The van der Waals surface area contributed by atoms with Crippen LogP contribution in [-0.4, -0.2) is 33.4 Å². The summed E-state index contributed by atoms with van der Waals surface area (Å²) in [7, 11) is 0. The van der Waals surface area contributed by atoms with Crippen molar-refractivity contribution >= 4 is 43.1 Å². The third-order valence-electron chi connectivity index (χ3n) is 8.42. The van der Waals surface area contributed by atoms with Gasteiger partial charge in [-0.05, 0) is 65.8 Å². The maximum absolute atomic E-state index is 10.6. The first kappa shape index (κ1) is 25.5.